The van der Waals surface area contributed by atoms with Gasteiger partial charge in [-0.1, -0.05) is 31.5 Å². The molecule has 0 spiro atoms. The fourth-order valence-electron chi connectivity index (χ4n) is 2.41. The molecule has 0 radical (unpaired) electrons. The maximum atomic E-state index is 12.0. The number of hydrogen-bond donors (Lipinski definition) is 0. The van der Waals surface area contributed by atoms with Gasteiger partial charge in [0.05, 0.1) is 0 Å². The summed E-state index contributed by atoms with van der Waals surface area (Å²) >= 11 is 0. The van der Waals surface area contributed by atoms with Gasteiger partial charge < -0.3 is 9.64 Å². The standard InChI is InChI=1S/C15H21NO2/c1-2-13-7-6-11-16(12-10-13)15(17)18-14-8-4-3-5-9-14/h3-5,8-9,13H,2,6-7,10-12H2,1H3. The Bertz CT molecular complexity index is 377. The molecule has 1 aliphatic rings. The van der Waals surface area contributed by atoms with Gasteiger partial charge in [0, 0.05) is 13.1 Å². The topological polar surface area (TPSA) is 29.5 Å². The molecule has 3 nitrogen and oxygen atoms in total. The van der Waals surface area contributed by atoms with Crippen LogP contribution < -0.4 is 4.74 Å². The predicted molar refractivity (Wildman–Crippen MR) is 71.7 cm³/mol. The van der Waals surface area contributed by atoms with Crippen molar-refractivity contribution in [3.05, 3.63) is 30.3 Å². The van der Waals surface area contributed by atoms with Crippen molar-refractivity contribution in [3.63, 3.8) is 0 Å². The zero-order chi connectivity index (χ0) is 12.8. The third-order valence-corrected chi connectivity index (χ3v) is 3.63. The van der Waals surface area contributed by atoms with Crippen LogP contribution in [-0.4, -0.2) is 24.1 Å². The SMILES string of the molecule is CCC1CCCN(C(=O)Oc2ccccc2)CC1. The van der Waals surface area contributed by atoms with Gasteiger partial charge >= 0.3 is 6.09 Å². The molecule has 3 heteroatoms. The summed E-state index contributed by atoms with van der Waals surface area (Å²) in [5, 5.41) is 0. The van der Waals surface area contributed by atoms with E-state index in [1.54, 1.807) is 0 Å². The fourth-order valence-corrected chi connectivity index (χ4v) is 2.41. The van der Waals surface area contributed by atoms with Crippen molar-refractivity contribution in [1.29, 1.82) is 0 Å². The van der Waals surface area contributed by atoms with E-state index in [1.807, 2.05) is 35.2 Å². The number of carbonyl (C=O) groups is 1. The monoisotopic (exact) mass is 247 g/mol. The number of likely N-dealkylation sites (tertiary alicyclic amines) is 1. The first-order valence-electron chi connectivity index (χ1n) is 6.81. The van der Waals surface area contributed by atoms with Crippen molar-refractivity contribution >= 4 is 6.09 Å². The third kappa shape index (κ3) is 3.49. The first-order valence-corrected chi connectivity index (χ1v) is 6.81. The van der Waals surface area contributed by atoms with Crippen LogP contribution in [0.4, 0.5) is 4.79 Å². The van der Waals surface area contributed by atoms with E-state index in [-0.39, 0.29) is 6.09 Å². The lowest BCUT2D eigenvalue weighted by molar-refractivity contribution is 0.153. The molecule has 0 N–H and O–H groups in total. The second-order valence-corrected chi connectivity index (χ2v) is 4.87. The lowest BCUT2D eigenvalue weighted by atomic mass is 9.98. The summed E-state index contributed by atoms with van der Waals surface area (Å²) in [4.78, 5) is 13.9. The second-order valence-electron chi connectivity index (χ2n) is 4.87. The lowest BCUT2D eigenvalue weighted by Crippen LogP contribution is -2.34. The van der Waals surface area contributed by atoms with Gasteiger partial charge in [0.15, 0.2) is 0 Å². The molecule has 1 amide bonds. The maximum Gasteiger partial charge on any atom is 0.415 e. The average Bonchev–Trinajstić information content (AvgIpc) is 2.65. The minimum atomic E-state index is -0.210. The van der Waals surface area contributed by atoms with Crippen molar-refractivity contribution < 1.29 is 9.53 Å². The van der Waals surface area contributed by atoms with E-state index < -0.39 is 0 Å². The Morgan fingerprint density at radius 2 is 2.06 bits per heavy atom. The molecular formula is C15H21NO2. The number of rotatable bonds is 2. The van der Waals surface area contributed by atoms with E-state index in [9.17, 15) is 4.79 Å². The molecule has 0 bridgehead atoms. The van der Waals surface area contributed by atoms with Gasteiger partial charge in [-0.25, -0.2) is 4.79 Å². The van der Waals surface area contributed by atoms with Crippen LogP contribution in [0.15, 0.2) is 30.3 Å². The largest absolute Gasteiger partial charge is 0.415 e. The van der Waals surface area contributed by atoms with E-state index in [4.69, 9.17) is 4.74 Å². The average molecular weight is 247 g/mol. The van der Waals surface area contributed by atoms with Gasteiger partial charge in [-0.15, -0.1) is 0 Å². The number of nitrogens with zero attached hydrogens (tertiary/aromatic N) is 1. The van der Waals surface area contributed by atoms with Gasteiger partial charge in [0.1, 0.15) is 5.75 Å². The molecule has 1 unspecified atom stereocenters. The fraction of sp³-hybridized carbons (Fsp3) is 0.533. The highest BCUT2D eigenvalue weighted by molar-refractivity contribution is 5.70. The quantitative estimate of drug-likeness (QED) is 0.797. The van der Waals surface area contributed by atoms with E-state index in [0.29, 0.717) is 5.75 Å². The zero-order valence-corrected chi connectivity index (χ0v) is 11.0. The highest BCUT2D eigenvalue weighted by Gasteiger charge is 2.20. The van der Waals surface area contributed by atoms with Crippen molar-refractivity contribution in [2.45, 2.75) is 32.6 Å². The van der Waals surface area contributed by atoms with E-state index in [0.717, 1.165) is 31.8 Å². The van der Waals surface area contributed by atoms with Crippen molar-refractivity contribution in [3.8, 4) is 5.75 Å². The van der Waals surface area contributed by atoms with Gasteiger partial charge in [-0.3, -0.25) is 0 Å². The summed E-state index contributed by atoms with van der Waals surface area (Å²) in [6, 6.07) is 9.28. The first-order chi connectivity index (χ1) is 8.79. The number of para-hydroxylation sites is 1. The Morgan fingerprint density at radius 1 is 1.28 bits per heavy atom. The third-order valence-electron chi connectivity index (χ3n) is 3.63. The summed E-state index contributed by atoms with van der Waals surface area (Å²) in [6.07, 6.45) is 4.41. The molecule has 18 heavy (non-hydrogen) atoms. The van der Waals surface area contributed by atoms with E-state index in [2.05, 4.69) is 6.92 Å². The second kappa shape index (κ2) is 6.43. The molecule has 0 aliphatic carbocycles. The Hall–Kier alpha value is -1.51. The molecule has 1 saturated heterocycles. The summed E-state index contributed by atoms with van der Waals surface area (Å²) in [5.74, 6) is 1.39. The van der Waals surface area contributed by atoms with Crippen LogP contribution >= 0.6 is 0 Å². The summed E-state index contributed by atoms with van der Waals surface area (Å²) in [6.45, 7) is 3.87. The minimum absolute atomic E-state index is 0.210. The molecule has 1 atom stereocenters. The van der Waals surface area contributed by atoms with Crippen molar-refractivity contribution in [2.75, 3.05) is 13.1 Å². The van der Waals surface area contributed by atoms with Crippen LogP contribution in [0, 0.1) is 5.92 Å². The molecule has 1 aromatic rings. The molecular weight excluding hydrogens is 226 g/mol. The first kappa shape index (κ1) is 12.9. The van der Waals surface area contributed by atoms with E-state index >= 15 is 0 Å². The summed E-state index contributed by atoms with van der Waals surface area (Å²) in [5.41, 5.74) is 0. The van der Waals surface area contributed by atoms with Crippen LogP contribution in [0.1, 0.15) is 32.6 Å². The smallest absolute Gasteiger partial charge is 0.410 e. The van der Waals surface area contributed by atoms with Gasteiger partial charge in [-0.2, -0.15) is 0 Å². The lowest BCUT2D eigenvalue weighted by Gasteiger charge is -2.19. The molecule has 1 aromatic carbocycles. The highest BCUT2D eigenvalue weighted by atomic mass is 16.6. The number of ether oxygens (including phenoxy) is 1. The van der Waals surface area contributed by atoms with Crippen LogP contribution in [0.25, 0.3) is 0 Å². The van der Waals surface area contributed by atoms with Crippen molar-refractivity contribution in [1.82, 2.24) is 4.90 Å². The predicted octanol–water partition coefficient (Wildman–Crippen LogP) is 3.70. The highest BCUT2D eigenvalue weighted by Crippen LogP contribution is 2.21. The Labute approximate surface area is 109 Å². The molecule has 98 valence electrons. The molecule has 0 aromatic heterocycles. The minimum Gasteiger partial charge on any atom is -0.410 e. The van der Waals surface area contributed by atoms with Gasteiger partial charge in [0.25, 0.3) is 0 Å². The molecule has 1 aliphatic heterocycles. The van der Waals surface area contributed by atoms with Gasteiger partial charge in [0.2, 0.25) is 0 Å². The number of hydrogen-bond acceptors (Lipinski definition) is 2. The zero-order valence-electron chi connectivity index (χ0n) is 11.0. The molecule has 0 saturated carbocycles. The van der Waals surface area contributed by atoms with Crippen molar-refractivity contribution in [2.24, 2.45) is 5.92 Å². The Kier molecular flexibility index (Phi) is 4.62. The maximum absolute atomic E-state index is 12.0. The summed E-state index contributed by atoms with van der Waals surface area (Å²) < 4.78 is 5.37. The van der Waals surface area contributed by atoms with Crippen LogP contribution in [-0.2, 0) is 0 Å². The van der Waals surface area contributed by atoms with Crippen LogP contribution in [0.2, 0.25) is 0 Å². The number of carbonyl (C=O) groups excluding carboxylic acids is 1. The summed E-state index contributed by atoms with van der Waals surface area (Å²) in [7, 11) is 0. The number of amides is 1. The number of benzene rings is 1. The normalized spacial score (nSPS) is 20.3. The van der Waals surface area contributed by atoms with Crippen LogP contribution in [0.5, 0.6) is 5.75 Å². The molecule has 1 heterocycles. The van der Waals surface area contributed by atoms with E-state index in [1.165, 1.54) is 12.8 Å². The molecule has 1 fully saturated rings. The van der Waals surface area contributed by atoms with Crippen LogP contribution in [0.3, 0.4) is 0 Å². The Balaban J connectivity index is 1.89. The van der Waals surface area contributed by atoms with Gasteiger partial charge in [-0.05, 0) is 37.3 Å². The molecule has 2 rings (SSSR count). The Morgan fingerprint density at radius 3 is 2.78 bits per heavy atom.